The molecule has 0 aliphatic heterocycles. The summed E-state index contributed by atoms with van der Waals surface area (Å²) in [6.07, 6.45) is 7.45. The van der Waals surface area contributed by atoms with Gasteiger partial charge in [0, 0.05) is 6.42 Å². The molecule has 0 saturated carbocycles. The van der Waals surface area contributed by atoms with E-state index in [0.717, 1.165) is 50.5 Å². The number of hydrogen-bond acceptors (Lipinski definition) is 3. The lowest BCUT2D eigenvalue weighted by molar-refractivity contribution is -0.140. The summed E-state index contributed by atoms with van der Waals surface area (Å²) in [5.74, 6) is -0.529. The van der Waals surface area contributed by atoms with E-state index in [1.807, 2.05) is 6.92 Å². The van der Waals surface area contributed by atoms with E-state index in [1.54, 1.807) is 6.92 Å². The van der Waals surface area contributed by atoms with Gasteiger partial charge in [-0.05, 0) is 26.2 Å². The fraction of sp³-hybridized carbons (Fsp3) is 0.765. The molecule has 0 heterocycles. The van der Waals surface area contributed by atoms with Gasteiger partial charge in [-0.15, -0.1) is 0 Å². The highest BCUT2D eigenvalue weighted by atomic mass is 16.5. The van der Waals surface area contributed by atoms with Gasteiger partial charge in [0.25, 0.3) is 0 Å². The number of rotatable bonds is 11. The average Bonchev–Trinajstić information content (AvgIpc) is 2.44. The number of esters is 1. The summed E-state index contributed by atoms with van der Waals surface area (Å²) in [7, 11) is 0. The first-order valence-electron chi connectivity index (χ1n) is 7.98. The molecule has 3 heteroatoms. The fourth-order valence-corrected chi connectivity index (χ4v) is 2.04. The van der Waals surface area contributed by atoms with Crippen LogP contribution < -0.4 is 0 Å². The van der Waals surface area contributed by atoms with Crippen LogP contribution in [0.5, 0.6) is 0 Å². The first-order chi connectivity index (χ1) is 9.58. The molecule has 0 rings (SSSR count). The SMILES string of the molecule is CCCCCCOC(=O)C(C(=O)CC)=C(C)CCCC. The zero-order valence-electron chi connectivity index (χ0n) is 13.6. The van der Waals surface area contributed by atoms with E-state index in [0.29, 0.717) is 13.0 Å². The second-order valence-electron chi connectivity index (χ2n) is 5.23. The molecule has 0 aromatic heterocycles. The molecule has 0 aliphatic carbocycles. The Bertz CT molecular complexity index is 329. The largest absolute Gasteiger partial charge is 0.462 e. The van der Waals surface area contributed by atoms with E-state index in [-0.39, 0.29) is 11.4 Å². The Hall–Kier alpha value is -1.12. The number of hydrogen-bond donors (Lipinski definition) is 0. The van der Waals surface area contributed by atoms with Crippen LogP contribution in [0.15, 0.2) is 11.1 Å². The van der Waals surface area contributed by atoms with Gasteiger partial charge in [-0.25, -0.2) is 4.79 Å². The number of carbonyl (C=O) groups excluding carboxylic acids is 2. The number of ether oxygens (including phenoxy) is 1. The molecule has 0 unspecified atom stereocenters. The molecule has 0 N–H and O–H groups in total. The van der Waals surface area contributed by atoms with Crippen molar-refractivity contribution in [1.82, 2.24) is 0 Å². The normalized spacial score (nSPS) is 12.0. The molecule has 0 fully saturated rings. The minimum atomic E-state index is -0.429. The van der Waals surface area contributed by atoms with E-state index < -0.39 is 5.97 Å². The van der Waals surface area contributed by atoms with Gasteiger partial charge < -0.3 is 4.74 Å². The lowest BCUT2D eigenvalue weighted by Crippen LogP contribution is -2.18. The standard InChI is InChI=1S/C17H30O3/c1-5-8-10-11-13-20-17(19)16(15(18)7-3)14(4)12-9-6-2/h5-13H2,1-4H3. The topological polar surface area (TPSA) is 43.4 Å². The van der Waals surface area contributed by atoms with Crippen molar-refractivity contribution in [1.29, 1.82) is 0 Å². The quantitative estimate of drug-likeness (QED) is 0.183. The summed E-state index contributed by atoms with van der Waals surface area (Å²) >= 11 is 0. The van der Waals surface area contributed by atoms with Crippen LogP contribution in [-0.2, 0) is 14.3 Å². The Labute approximate surface area is 123 Å². The predicted octanol–water partition coefficient (Wildman–Crippen LogP) is 4.60. The molecule has 0 spiro atoms. The van der Waals surface area contributed by atoms with Crippen LogP contribution in [0.2, 0.25) is 0 Å². The van der Waals surface area contributed by atoms with Crippen LogP contribution in [0, 0.1) is 0 Å². The number of allylic oxidation sites excluding steroid dienone is 1. The summed E-state index contributed by atoms with van der Waals surface area (Å²) in [4.78, 5) is 24.0. The molecule has 0 atom stereocenters. The molecule has 20 heavy (non-hydrogen) atoms. The second kappa shape index (κ2) is 11.7. The van der Waals surface area contributed by atoms with Crippen molar-refractivity contribution in [3.05, 3.63) is 11.1 Å². The van der Waals surface area contributed by atoms with Crippen molar-refractivity contribution in [2.75, 3.05) is 6.61 Å². The van der Waals surface area contributed by atoms with Crippen molar-refractivity contribution < 1.29 is 14.3 Å². The van der Waals surface area contributed by atoms with Gasteiger partial charge in [0.1, 0.15) is 5.57 Å². The smallest absolute Gasteiger partial charge is 0.341 e. The first kappa shape index (κ1) is 18.9. The first-order valence-corrected chi connectivity index (χ1v) is 7.98. The van der Waals surface area contributed by atoms with Crippen molar-refractivity contribution in [2.24, 2.45) is 0 Å². The van der Waals surface area contributed by atoms with Crippen LogP contribution in [0.25, 0.3) is 0 Å². The summed E-state index contributed by atoms with van der Waals surface area (Å²) in [5, 5.41) is 0. The molecule has 0 amide bonds. The fourth-order valence-electron chi connectivity index (χ4n) is 2.04. The zero-order chi connectivity index (χ0) is 15.4. The Morgan fingerprint density at radius 3 is 2.10 bits per heavy atom. The summed E-state index contributed by atoms with van der Waals surface area (Å²) in [6.45, 7) is 8.31. The van der Waals surface area contributed by atoms with Gasteiger partial charge in [0.15, 0.2) is 5.78 Å². The Balaban J connectivity index is 4.54. The van der Waals surface area contributed by atoms with E-state index in [1.165, 1.54) is 0 Å². The third-order valence-electron chi connectivity index (χ3n) is 3.37. The Morgan fingerprint density at radius 2 is 1.55 bits per heavy atom. The Kier molecular flexibility index (Phi) is 11.0. The maximum atomic E-state index is 12.1. The molecule has 3 nitrogen and oxygen atoms in total. The van der Waals surface area contributed by atoms with Gasteiger partial charge in [0.05, 0.1) is 6.61 Å². The van der Waals surface area contributed by atoms with Crippen LogP contribution in [0.4, 0.5) is 0 Å². The number of unbranched alkanes of at least 4 members (excludes halogenated alkanes) is 4. The average molecular weight is 282 g/mol. The van der Waals surface area contributed by atoms with Gasteiger partial charge in [0.2, 0.25) is 0 Å². The van der Waals surface area contributed by atoms with Gasteiger partial charge in [-0.2, -0.15) is 0 Å². The van der Waals surface area contributed by atoms with Crippen molar-refractivity contribution in [3.63, 3.8) is 0 Å². The van der Waals surface area contributed by atoms with Gasteiger partial charge in [-0.1, -0.05) is 52.0 Å². The Morgan fingerprint density at radius 1 is 0.900 bits per heavy atom. The molecule has 0 aromatic rings. The molecule has 116 valence electrons. The third kappa shape index (κ3) is 7.46. The van der Waals surface area contributed by atoms with Crippen LogP contribution >= 0.6 is 0 Å². The molecular formula is C17H30O3. The third-order valence-corrected chi connectivity index (χ3v) is 3.37. The van der Waals surface area contributed by atoms with Crippen LogP contribution in [0.3, 0.4) is 0 Å². The molecule has 0 aromatic carbocycles. The highest BCUT2D eigenvalue weighted by Gasteiger charge is 2.20. The van der Waals surface area contributed by atoms with Crippen LogP contribution in [0.1, 0.15) is 79.1 Å². The number of ketones is 1. The molecule has 0 saturated heterocycles. The summed E-state index contributed by atoms with van der Waals surface area (Å²) in [5.41, 5.74) is 1.16. The summed E-state index contributed by atoms with van der Waals surface area (Å²) < 4.78 is 5.26. The van der Waals surface area contributed by atoms with Gasteiger partial charge in [-0.3, -0.25) is 4.79 Å². The molecule has 0 aliphatic rings. The lowest BCUT2D eigenvalue weighted by Gasteiger charge is -2.10. The van der Waals surface area contributed by atoms with Crippen LogP contribution in [-0.4, -0.2) is 18.4 Å². The lowest BCUT2D eigenvalue weighted by atomic mass is 9.99. The monoisotopic (exact) mass is 282 g/mol. The number of carbonyl (C=O) groups is 2. The van der Waals surface area contributed by atoms with Crippen molar-refractivity contribution in [3.8, 4) is 0 Å². The van der Waals surface area contributed by atoms with E-state index >= 15 is 0 Å². The molecular weight excluding hydrogens is 252 g/mol. The highest BCUT2D eigenvalue weighted by Crippen LogP contribution is 2.16. The predicted molar refractivity (Wildman–Crippen MR) is 82.6 cm³/mol. The highest BCUT2D eigenvalue weighted by molar-refractivity contribution is 6.17. The number of Topliss-reactive ketones (excluding diaryl/α,β-unsaturated/α-hetero) is 1. The minimum absolute atomic E-state index is 0.0999. The van der Waals surface area contributed by atoms with Crippen molar-refractivity contribution in [2.45, 2.75) is 79.1 Å². The van der Waals surface area contributed by atoms with E-state index in [4.69, 9.17) is 4.74 Å². The molecule has 0 bridgehead atoms. The van der Waals surface area contributed by atoms with Gasteiger partial charge >= 0.3 is 5.97 Å². The van der Waals surface area contributed by atoms with E-state index in [9.17, 15) is 9.59 Å². The maximum Gasteiger partial charge on any atom is 0.341 e. The van der Waals surface area contributed by atoms with E-state index in [2.05, 4.69) is 13.8 Å². The maximum absolute atomic E-state index is 12.1. The van der Waals surface area contributed by atoms with Crippen molar-refractivity contribution >= 4 is 11.8 Å². The minimum Gasteiger partial charge on any atom is -0.462 e. The second-order valence-corrected chi connectivity index (χ2v) is 5.23. The molecule has 0 radical (unpaired) electrons. The summed E-state index contributed by atoms with van der Waals surface area (Å²) in [6, 6.07) is 0. The zero-order valence-corrected chi connectivity index (χ0v) is 13.6.